The van der Waals surface area contributed by atoms with Crippen LogP contribution < -0.4 is 16.0 Å². The van der Waals surface area contributed by atoms with Crippen molar-refractivity contribution < 1.29 is 9.59 Å². The zero-order chi connectivity index (χ0) is 15.3. The van der Waals surface area contributed by atoms with Crippen LogP contribution in [0.5, 0.6) is 0 Å². The maximum absolute atomic E-state index is 12.4. The van der Waals surface area contributed by atoms with Crippen molar-refractivity contribution in [3.63, 3.8) is 0 Å². The summed E-state index contributed by atoms with van der Waals surface area (Å²) in [5.41, 5.74) is -0.459. The van der Waals surface area contributed by atoms with Crippen molar-refractivity contribution in [1.82, 2.24) is 16.0 Å². The molecule has 5 heteroatoms. The van der Waals surface area contributed by atoms with Gasteiger partial charge in [-0.05, 0) is 52.6 Å². The molecule has 116 valence electrons. The zero-order valence-corrected chi connectivity index (χ0v) is 13.4. The van der Waals surface area contributed by atoms with Crippen LogP contribution in [0.25, 0.3) is 0 Å². The fraction of sp³-hybridized carbons (Fsp3) is 0.867. The minimum Gasteiger partial charge on any atom is -0.352 e. The van der Waals surface area contributed by atoms with E-state index < -0.39 is 11.5 Å². The first-order valence-electron chi connectivity index (χ1n) is 7.57. The van der Waals surface area contributed by atoms with Crippen LogP contribution in [0.3, 0.4) is 0 Å². The van der Waals surface area contributed by atoms with Crippen molar-refractivity contribution in [2.24, 2.45) is 11.3 Å². The van der Waals surface area contributed by atoms with Crippen LogP contribution in [0.1, 0.15) is 47.5 Å². The Hall–Kier alpha value is -1.10. The van der Waals surface area contributed by atoms with E-state index in [0.717, 1.165) is 25.9 Å². The van der Waals surface area contributed by atoms with Crippen molar-refractivity contribution in [2.75, 3.05) is 13.1 Å². The highest BCUT2D eigenvalue weighted by Crippen LogP contribution is 2.32. The third kappa shape index (κ3) is 4.47. The average molecular weight is 283 g/mol. The van der Waals surface area contributed by atoms with Gasteiger partial charge in [-0.25, -0.2) is 0 Å². The lowest BCUT2D eigenvalue weighted by molar-refractivity contribution is -0.136. The molecule has 0 aromatic rings. The topological polar surface area (TPSA) is 70.2 Å². The highest BCUT2D eigenvalue weighted by atomic mass is 16.2. The zero-order valence-electron chi connectivity index (χ0n) is 13.4. The molecule has 2 atom stereocenters. The lowest BCUT2D eigenvalue weighted by Gasteiger charge is -2.36. The van der Waals surface area contributed by atoms with Crippen LogP contribution in [0.2, 0.25) is 0 Å². The van der Waals surface area contributed by atoms with Crippen molar-refractivity contribution in [3.05, 3.63) is 0 Å². The Morgan fingerprint density at radius 2 is 1.85 bits per heavy atom. The van der Waals surface area contributed by atoms with E-state index in [0.29, 0.717) is 5.92 Å². The molecular weight excluding hydrogens is 254 g/mol. The standard InChI is InChI=1S/C15H29N3O2/c1-10(2)17-13(19)11(3)18-14(20)15(4,5)12-7-6-8-16-9-12/h10-12,16H,6-9H2,1-5H3,(H,17,19)(H,18,20). The third-order valence-electron chi connectivity index (χ3n) is 4.07. The van der Waals surface area contributed by atoms with E-state index in [1.807, 2.05) is 27.7 Å². The molecule has 0 spiro atoms. The number of amides is 2. The van der Waals surface area contributed by atoms with E-state index in [9.17, 15) is 9.59 Å². The molecule has 3 N–H and O–H groups in total. The number of piperidine rings is 1. The van der Waals surface area contributed by atoms with E-state index in [2.05, 4.69) is 16.0 Å². The van der Waals surface area contributed by atoms with Gasteiger partial charge in [-0.2, -0.15) is 0 Å². The molecule has 1 aliphatic heterocycles. The molecule has 0 saturated carbocycles. The van der Waals surface area contributed by atoms with Crippen LogP contribution in [0, 0.1) is 11.3 Å². The fourth-order valence-electron chi connectivity index (χ4n) is 2.51. The lowest BCUT2D eigenvalue weighted by atomic mass is 9.74. The third-order valence-corrected chi connectivity index (χ3v) is 4.07. The number of hydrogen-bond donors (Lipinski definition) is 3. The smallest absolute Gasteiger partial charge is 0.242 e. The minimum atomic E-state index is -0.499. The van der Waals surface area contributed by atoms with Gasteiger partial charge in [-0.3, -0.25) is 9.59 Å². The van der Waals surface area contributed by atoms with Crippen LogP contribution in [-0.2, 0) is 9.59 Å². The molecular formula is C15H29N3O2. The maximum atomic E-state index is 12.4. The largest absolute Gasteiger partial charge is 0.352 e. The quantitative estimate of drug-likeness (QED) is 0.706. The lowest BCUT2D eigenvalue weighted by Crippen LogP contribution is -2.53. The Labute approximate surface area is 122 Å². The molecule has 2 amide bonds. The summed E-state index contributed by atoms with van der Waals surface area (Å²) in [5.74, 6) is 0.139. The number of hydrogen-bond acceptors (Lipinski definition) is 3. The number of rotatable bonds is 5. The van der Waals surface area contributed by atoms with Crippen LogP contribution in [-0.4, -0.2) is 37.0 Å². The highest BCUT2D eigenvalue weighted by Gasteiger charge is 2.38. The monoisotopic (exact) mass is 283 g/mol. The van der Waals surface area contributed by atoms with Gasteiger partial charge < -0.3 is 16.0 Å². The predicted octanol–water partition coefficient (Wildman–Crippen LogP) is 1.04. The summed E-state index contributed by atoms with van der Waals surface area (Å²) in [6.07, 6.45) is 2.16. The van der Waals surface area contributed by atoms with Crippen molar-refractivity contribution in [1.29, 1.82) is 0 Å². The summed E-state index contributed by atoms with van der Waals surface area (Å²) >= 11 is 0. The summed E-state index contributed by atoms with van der Waals surface area (Å²) in [5, 5.41) is 9.00. The molecule has 0 radical (unpaired) electrons. The second-order valence-electron chi connectivity index (χ2n) is 6.62. The number of nitrogens with one attached hydrogen (secondary N) is 3. The van der Waals surface area contributed by atoms with Crippen LogP contribution in [0.4, 0.5) is 0 Å². The van der Waals surface area contributed by atoms with E-state index in [4.69, 9.17) is 0 Å². The fourth-order valence-corrected chi connectivity index (χ4v) is 2.51. The molecule has 0 aromatic carbocycles. The maximum Gasteiger partial charge on any atom is 0.242 e. The van der Waals surface area contributed by atoms with Gasteiger partial charge in [0.15, 0.2) is 0 Å². The van der Waals surface area contributed by atoms with E-state index in [1.54, 1.807) is 6.92 Å². The first-order chi connectivity index (χ1) is 9.25. The van der Waals surface area contributed by atoms with E-state index in [1.165, 1.54) is 0 Å². The Kier molecular flexibility index (Phi) is 5.99. The van der Waals surface area contributed by atoms with E-state index in [-0.39, 0.29) is 17.9 Å². The summed E-state index contributed by atoms with van der Waals surface area (Å²) < 4.78 is 0. The van der Waals surface area contributed by atoms with Gasteiger partial charge in [-0.15, -0.1) is 0 Å². The van der Waals surface area contributed by atoms with Gasteiger partial charge in [0.2, 0.25) is 11.8 Å². The molecule has 1 saturated heterocycles. The van der Waals surface area contributed by atoms with Crippen LogP contribution in [0.15, 0.2) is 0 Å². The molecule has 1 heterocycles. The molecule has 20 heavy (non-hydrogen) atoms. The highest BCUT2D eigenvalue weighted by molar-refractivity contribution is 5.89. The predicted molar refractivity (Wildman–Crippen MR) is 80.3 cm³/mol. The van der Waals surface area contributed by atoms with Gasteiger partial charge >= 0.3 is 0 Å². The van der Waals surface area contributed by atoms with Crippen molar-refractivity contribution >= 4 is 11.8 Å². The number of carbonyl (C=O) groups excluding carboxylic acids is 2. The first kappa shape index (κ1) is 17.0. The van der Waals surface area contributed by atoms with E-state index >= 15 is 0 Å². The van der Waals surface area contributed by atoms with Gasteiger partial charge in [0.1, 0.15) is 6.04 Å². The molecule has 2 unspecified atom stereocenters. The van der Waals surface area contributed by atoms with Gasteiger partial charge in [0, 0.05) is 11.5 Å². The summed E-state index contributed by atoms with van der Waals surface area (Å²) in [4.78, 5) is 24.3. The van der Waals surface area contributed by atoms with Crippen molar-refractivity contribution in [3.8, 4) is 0 Å². The molecule has 1 rings (SSSR count). The Balaban J connectivity index is 2.57. The normalized spacial score (nSPS) is 21.4. The second-order valence-corrected chi connectivity index (χ2v) is 6.62. The minimum absolute atomic E-state index is 0.0439. The molecule has 0 aliphatic carbocycles. The Bertz CT molecular complexity index is 347. The molecule has 5 nitrogen and oxygen atoms in total. The molecule has 0 bridgehead atoms. The molecule has 0 aromatic heterocycles. The Morgan fingerprint density at radius 1 is 1.20 bits per heavy atom. The average Bonchev–Trinajstić information content (AvgIpc) is 2.38. The van der Waals surface area contributed by atoms with Gasteiger partial charge in [0.05, 0.1) is 0 Å². The summed E-state index contributed by atoms with van der Waals surface area (Å²) in [6, 6.07) is -0.418. The van der Waals surface area contributed by atoms with Crippen LogP contribution >= 0.6 is 0 Å². The molecule has 1 fully saturated rings. The second kappa shape index (κ2) is 7.07. The Morgan fingerprint density at radius 3 is 2.35 bits per heavy atom. The first-order valence-corrected chi connectivity index (χ1v) is 7.57. The van der Waals surface area contributed by atoms with Crippen molar-refractivity contribution in [2.45, 2.75) is 59.5 Å². The summed E-state index contributed by atoms with van der Waals surface area (Å²) in [6.45, 7) is 11.4. The molecule has 1 aliphatic rings. The van der Waals surface area contributed by atoms with Gasteiger partial charge in [-0.1, -0.05) is 13.8 Å². The summed E-state index contributed by atoms with van der Waals surface area (Å²) in [7, 11) is 0. The number of carbonyl (C=O) groups is 2. The SMILES string of the molecule is CC(C)NC(=O)C(C)NC(=O)C(C)(C)C1CCCNC1. The van der Waals surface area contributed by atoms with Gasteiger partial charge in [0.25, 0.3) is 0 Å².